The van der Waals surface area contributed by atoms with Gasteiger partial charge in [-0.15, -0.1) is 0 Å². The molecule has 0 radical (unpaired) electrons. The molecule has 1 aliphatic heterocycles. The van der Waals surface area contributed by atoms with Crippen LogP contribution in [-0.4, -0.2) is 30.4 Å². The van der Waals surface area contributed by atoms with E-state index in [-0.39, 0.29) is 11.9 Å². The second-order valence-electron chi connectivity index (χ2n) is 7.68. The molecular formula is C25H28N2OS. The first-order chi connectivity index (χ1) is 14.3. The Morgan fingerprint density at radius 2 is 1.59 bits per heavy atom. The minimum Gasteiger partial charge on any atom is -0.350 e. The van der Waals surface area contributed by atoms with Crippen molar-refractivity contribution >= 4 is 17.2 Å². The van der Waals surface area contributed by atoms with Crippen molar-refractivity contribution in [1.29, 1.82) is 0 Å². The topological polar surface area (TPSA) is 32.3 Å². The molecular weight excluding hydrogens is 376 g/mol. The molecule has 1 aliphatic rings. The van der Waals surface area contributed by atoms with Crippen LogP contribution in [0.2, 0.25) is 0 Å². The van der Waals surface area contributed by atoms with E-state index in [0.717, 1.165) is 24.2 Å². The number of nitrogens with zero attached hydrogens (tertiary/aromatic N) is 1. The van der Waals surface area contributed by atoms with Gasteiger partial charge >= 0.3 is 0 Å². The summed E-state index contributed by atoms with van der Waals surface area (Å²) in [6.45, 7) is 2.88. The zero-order valence-corrected chi connectivity index (χ0v) is 17.5. The summed E-state index contributed by atoms with van der Waals surface area (Å²) in [7, 11) is 0. The van der Waals surface area contributed by atoms with Crippen molar-refractivity contribution in [3.05, 3.63) is 82.6 Å². The number of thiophene rings is 1. The largest absolute Gasteiger partial charge is 0.350 e. The second-order valence-corrected chi connectivity index (χ2v) is 8.46. The van der Waals surface area contributed by atoms with E-state index in [9.17, 15) is 4.79 Å². The summed E-state index contributed by atoms with van der Waals surface area (Å²) in [5.41, 5.74) is 4.32. The van der Waals surface area contributed by atoms with E-state index in [1.165, 1.54) is 31.2 Å². The Kier molecular flexibility index (Phi) is 6.75. The van der Waals surface area contributed by atoms with Gasteiger partial charge in [-0.1, -0.05) is 55.3 Å². The SMILES string of the molecule is O=C(NC[C@H](c1ccsc1)N1CCCCCC1)c1ccc(-c2ccccc2)cc1. The molecule has 0 bridgehead atoms. The molecule has 1 N–H and O–H groups in total. The Morgan fingerprint density at radius 1 is 0.897 bits per heavy atom. The van der Waals surface area contributed by atoms with Crippen molar-refractivity contribution in [1.82, 2.24) is 10.2 Å². The molecule has 4 rings (SSSR count). The average molecular weight is 405 g/mol. The van der Waals surface area contributed by atoms with Crippen molar-refractivity contribution in [3.8, 4) is 11.1 Å². The maximum absolute atomic E-state index is 12.8. The van der Waals surface area contributed by atoms with Crippen LogP contribution in [0.25, 0.3) is 11.1 Å². The van der Waals surface area contributed by atoms with Crippen LogP contribution >= 0.6 is 11.3 Å². The highest BCUT2D eigenvalue weighted by molar-refractivity contribution is 7.08. The Morgan fingerprint density at radius 3 is 2.24 bits per heavy atom. The van der Waals surface area contributed by atoms with E-state index >= 15 is 0 Å². The summed E-state index contributed by atoms with van der Waals surface area (Å²) in [6, 6.07) is 20.6. The molecule has 0 unspecified atom stereocenters. The van der Waals surface area contributed by atoms with Gasteiger partial charge in [0, 0.05) is 12.1 Å². The van der Waals surface area contributed by atoms with E-state index < -0.39 is 0 Å². The van der Waals surface area contributed by atoms with Crippen molar-refractivity contribution in [2.24, 2.45) is 0 Å². The third-order valence-corrected chi connectivity index (χ3v) is 6.42. The van der Waals surface area contributed by atoms with Gasteiger partial charge < -0.3 is 5.32 Å². The van der Waals surface area contributed by atoms with E-state index in [0.29, 0.717) is 12.1 Å². The molecule has 1 atom stereocenters. The summed E-state index contributed by atoms with van der Waals surface area (Å²) in [4.78, 5) is 15.3. The first-order valence-corrected chi connectivity index (χ1v) is 11.5. The highest BCUT2D eigenvalue weighted by Crippen LogP contribution is 2.26. The van der Waals surface area contributed by atoms with Gasteiger partial charge in [-0.3, -0.25) is 9.69 Å². The lowest BCUT2D eigenvalue weighted by Gasteiger charge is -2.30. The van der Waals surface area contributed by atoms with Crippen LogP contribution < -0.4 is 5.32 Å². The van der Waals surface area contributed by atoms with Crippen LogP contribution in [0, 0.1) is 0 Å². The molecule has 3 nitrogen and oxygen atoms in total. The first-order valence-electron chi connectivity index (χ1n) is 10.5. The van der Waals surface area contributed by atoms with Gasteiger partial charge in [0.05, 0.1) is 6.04 Å². The number of hydrogen-bond donors (Lipinski definition) is 1. The predicted octanol–water partition coefficient (Wildman–Crippen LogP) is 5.76. The molecule has 1 amide bonds. The lowest BCUT2D eigenvalue weighted by Crippen LogP contribution is -2.38. The highest BCUT2D eigenvalue weighted by Gasteiger charge is 2.22. The lowest BCUT2D eigenvalue weighted by molar-refractivity contribution is 0.0933. The molecule has 1 fully saturated rings. The Balaban J connectivity index is 1.42. The average Bonchev–Trinajstić information content (AvgIpc) is 3.17. The number of carbonyl (C=O) groups excluding carboxylic acids is 1. The third kappa shape index (κ3) is 5.14. The van der Waals surface area contributed by atoms with Crippen LogP contribution in [-0.2, 0) is 0 Å². The van der Waals surface area contributed by atoms with Gasteiger partial charge in [-0.05, 0) is 71.6 Å². The van der Waals surface area contributed by atoms with E-state index in [1.54, 1.807) is 11.3 Å². The van der Waals surface area contributed by atoms with Crippen molar-refractivity contribution in [2.75, 3.05) is 19.6 Å². The summed E-state index contributed by atoms with van der Waals surface area (Å²) < 4.78 is 0. The number of carbonyl (C=O) groups is 1. The molecule has 2 heterocycles. The second kappa shape index (κ2) is 9.86. The van der Waals surface area contributed by atoms with Crippen LogP contribution in [0.4, 0.5) is 0 Å². The number of hydrogen-bond acceptors (Lipinski definition) is 3. The minimum atomic E-state index is -0.000312. The molecule has 1 saturated heterocycles. The van der Waals surface area contributed by atoms with E-state index in [1.807, 2.05) is 42.5 Å². The quantitative estimate of drug-likeness (QED) is 0.566. The summed E-state index contributed by atoms with van der Waals surface area (Å²) in [5.74, 6) is -0.000312. The van der Waals surface area contributed by atoms with Crippen LogP contribution in [0.5, 0.6) is 0 Å². The number of rotatable bonds is 6. The molecule has 0 saturated carbocycles. The van der Waals surface area contributed by atoms with E-state index in [4.69, 9.17) is 0 Å². The van der Waals surface area contributed by atoms with Crippen molar-refractivity contribution < 1.29 is 4.79 Å². The zero-order chi connectivity index (χ0) is 19.9. The van der Waals surface area contributed by atoms with Crippen LogP contribution in [0.15, 0.2) is 71.4 Å². The van der Waals surface area contributed by atoms with Gasteiger partial charge in [0.15, 0.2) is 0 Å². The maximum atomic E-state index is 12.8. The molecule has 1 aromatic heterocycles. The van der Waals surface area contributed by atoms with Gasteiger partial charge in [0.1, 0.15) is 0 Å². The third-order valence-electron chi connectivity index (χ3n) is 5.72. The number of benzene rings is 2. The molecule has 2 aromatic carbocycles. The molecule has 0 spiro atoms. The van der Waals surface area contributed by atoms with Crippen LogP contribution in [0.1, 0.15) is 47.6 Å². The fourth-order valence-corrected chi connectivity index (χ4v) is 4.77. The summed E-state index contributed by atoms with van der Waals surface area (Å²) >= 11 is 1.73. The molecule has 29 heavy (non-hydrogen) atoms. The van der Waals surface area contributed by atoms with E-state index in [2.05, 4.69) is 39.2 Å². The van der Waals surface area contributed by atoms with Gasteiger partial charge in [0.25, 0.3) is 5.91 Å². The zero-order valence-electron chi connectivity index (χ0n) is 16.7. The van der Waals surface area contributed by atoms with Gasteiger partial charge in [0.2, 0.25) is 0 Å². The molecule has 150 valence electrons. The van der Waals surface area contributed by atoms with Crippen molar-refractivity contribution in [3.63, 3.8) is 0 Å². The highest BCUT2D eigenvalue weighted by atomic mass is 32.1. The Hall–Kier alpha value is -2.43. The first kappa shape index (κ1) is 19.9. The normalized spacial score (nSPS) is 16.1. The van der Waals surface area contributed by atoms with Crippen LogP contribution in [0.3, 0.4) is 0 Å². The van der Waals surface area contributed by atoms with Gasteiger partial charge in [-0.2, -0.15) is 11.3 Å². The predicted molar refractivity (Wildman–Crippen MR) is 121 cm³/mol. The summed E-state index contributed by atoms with van der Waals surface area (Å²) in [5, 5.41) is 7.54. The Labute approximate surface area is 177 Å². The van der Waals surface area contributed by atoms with Gasteiger partial charge in [-0.25, -0.2) is 0 Å². The number of nitrogens with one attached hydrogen (secondary N) is 1. The number of amides is 1. The molecule has 3 aromatic rings. The standard InChI is InChI=1S/C25H28N2OS/c28-25(22-12-10-21(11-13-22)20-8-4-3-5-9-20)26-18-24(23-14-17-29-19-23)27-15-6-1-2-7-16-27/h3-5,8-14,17,19,24H,1-2,6-7,15-16,18H2,(H,26,28)/t24-/m1/s1. The monoisotopic (exact) mass is 404 g/mol. The lowest BCUT2D eigenvalue weighted by atomic mass is 10.0. The van der Waals surface area contributed by atoms with Crippen molar-refractivity contribution in [2.45, 2.75) is 31.7 Å². The smallest absolute Gasteiger partial charge is 0.251 e. The number of likely N-dealkylation sites (tertiary alicyclic amines) is 1. The molecule has 4 heteroatoms. The fraction of sp³-hybridized carbons (Fsp3) is 0.320. The molecule has 0 aliphatic carbocycles. The fourth-order valence-electron chi connectivity index (χ4n) is 4.07. The minimum absolute atomic E-state index is 0.000312. The Bertz CT molecular complexity index is 882. The summed E-state index contributed by atoms with van der Waals surface area (Å²) in [6.07, 6.45) is 5.12. The maximum Gasteiger partial charge on any atom is 0.251 e.